The zero-order chi connectivity index (χ0) is 14.4. The number of aryl methyl sites for hydroxylation is 1. The van der Waals surface area contributed by atoms with Crippen LogP contribution in [-0.2, 0) is 6.42 Å². The lowest BCUT2D eigenvalue weighted by Gasteiger charge is -2.14. The summed E-state index contributed by atoms with van der Waals surface area (Å²) in [6.07, 6.45) is 7.51. The normalized spacial score (nSPS) is 14.3. The highest BCUT2D eigenvalue weighted by atomic mass is 15.1. The first-order chi connectivity index (χ1) is 9.74. The van der Waals surface area contributed by atoms with E-state index in [1.807, 2.05) is 0 Å². The van der Waals surface area contributed by atoms with Gasteiger partial charge in [0.25, 0.3) is 0 Å². The lowest BCUT2D eigenvalue weighted by Crippen LogP contribution is -2.12. The topological polar surface area (TPSA) is 49.8 Å². The molecule has 0 bridgehead atoms. The largest absolute Gasteiger partial charge is 0.370 e. The van der Waals surface area contributed by atoms with Crippen molar-refractivity contribution < 1.29 is 0 Å². The number of anilines is 2. The molecule has 4 nitrogen and oxygen atoms in total. The second-order valence-electron chi connectivity index (χ2n) is 5.75. The van der Waals surface area contributed by atoms with Crippen LogP contribution in [0.5, 0.6) is 0 Å². The second kappa shape index (κ2) is 7.46. The third-order valence-corrected chi connectivity index (χ3v) is 3.79. The van der Waals surface area contributed by atoms with Gasteiger partial charge in [-0.05, 0) is 39.0 Å². The minimum absolute atomic E-state index is 0.893. The number of hydrogen-bond donors (Lipinski definition) is 2. The van der Waals surface area contributed by atoms with Crippen LogP contribution in [0, 0.1) is 12.8 Å². The van der Waals surface area contributed by atoms with E-state index in [0.717, 1.165) is 54.9 Å². The Balaban J connectivity index is 1.99. The van der Waals surface area contributed by atoms with Gasteiger partial charge in [0.15, 0.2) is 0 Å². The summed E-state index contributed by atoms with van der Waals surface area (Å²) in [5.74, 6) is 3.95. The minimum atomic E-state index is 0.893. The van der Waals surface area contributed by atoms with E-state index >= 15 is 0 Å². The van der Waals surface area contributed by atoms with Gasteiger partial charge in [0.2, 0.25) is 0 Å². The van der Waals surface area contributed by atoms with Crippen molar-refractivity contribution in [3.8, 4) is 0 Å². The van der Waals surface area contributed by atoms with E-state index in [9.17, 15) is 0 Å². The summed E-state index contributed by atoms with van der Waals surface area (Å²) in [6, 6.07) is 0. The molecule has 1 fully saturated rings. The van der Waals surface area contributed by atoms with Crippen molar-refractivity contribution in [2.45, 2.75) is 59.3 Å². The highest BCUT2D eigenvalue weighted by Crippen LogP contribution is 2.33. The predicted molar refractivity (Wildman–Crippen MR) is 85.4 cm³/mol. The van der Waals surface area contributed by atoms with Crippen LogP contribution in [-0.4, -0.2) is 23.1 Å². The average molecular weight is 276 g/mol. The van der Waals surface area contributed by atoms with Crippen LogP contribution in [0.1, 0.15) is 57.3 Å². The van der Waals surface area contributed by atoms with Crippen LogP contribution in [0.25, 0.3) is 0 Å². The molecule has 20 heavy (non-hydrogen) atoms. The zero-order valence-electron chi connectivity index (χ0n) is 13.1. The van der Waals surface area contributed by atoms with Gasteiger partial charge >= 0.3 is 0 Å². The van der Waals surface area contributed by atoms with Gasteiger partial charge < -0.3 is 10.6 Å². The van der Waals surface area contributed by atoms with Gasteiger partial charge in [-0.15, -0.1) is 0 Å². The van der Waals surface area contributed by atoms with Gasteiger partial charge in [-0.3, -0.25) is 0 Å². The molecule has 1 heterocycles. The Hall–Kier alpha value is -1.32. The van der Waals surface area contributed by atoms with Crippen molar-refractivity contribution in [3.63, 3.8) is 0 Å². The lowest BCUT2D eigenvalue weighted by atomic mass is 10.2. The number of nitrogens with one attached hydrogen (secondary N) is 2. The summed E-state index contributed by atoms with van der Waals surface area (Å²) >= 11 is 0. The maximum absolute atomic E-state index is 4.68. The first-order valence-electron chi connectivity index (χ1n) is 8.09. The molecule has 2 rings (SSSR count). The van der Waals surface area contributed by atoms with Crippen LogP contribution in [0.4, 0.5) is 11.6 Å². The fraction of sp³-hybridized carbons (Fsp3) is 0.750. The van der Waals surface area contributed by atoms with Crippen molar-refractivity contribution in [3.05, 3.63) is 11.4 Å². The van der Waals surface area contributed by atoms with Gasteiger partial charge in [0.05, 0.1) is 0 Å². The summed E-state index contributed by atoms with van der Waals surface area (Å²) in [6.45, 7) is 8.27. The van der Waals surface area contributed by atoms with Gasteiger partial charge in [0, 0.05) is 25.1 Å². The molecular weight excluding hydrogens is 248 g/mol. The second-order valence-corrected chi connectivity index (χ2v) is 5.75. The molecule has 2 N–H and O–H groups in total. The number of hydrogen-bond acceptors (Lipinski definition) is 4. The third-order valence-electron chi connectivity index (χ3n) is 3.79. The van der Waals surface area contributed by atoms with Crippen molar-refractivity contribution in [1.29, 1.82) is 0 Å². The van der Waals surface area contributed by atoms with Crippen LogP contribution in [0.3, 0.4) is 0 Å². The van der Waals surface area contributed by atoms with E-state index in [1.54, 1.807) is 0 Å². The lowest BCUT2D eigenvalue weighted by molar-refractivity contribution is 0.685. The Bertz CT molecular complexity index is 427. The molecule has 112 valence electrons. The quantitative estimate of drug-likeness (QED) is 0.674. The number of aromatic nitrogens is 2. The van der Waals surface area contributed by atoms with Gasteiger partial charge in [-0.2, -0.15) is 0 Å². The fourth-order valence-electron chi connectivity index (χ4n) is 2.41. The molecule has 0 aromatic carbocycles. The molecule has 1 aromatic heterocycles. The standard InChI is InChI=1S/C16H28N4/c1-4-7-14-19-15(17-5-2)12(3)16(20-14)18-11-6-8-13-9-10-13/h13H,4-11H2,1-3H3,(H2,17,18,19,20). The van der Waals surface area contributed by atoms with Gasteiger partial charge in [-0.25, -0.2) is 9.97 Å². The molecule has 0 amide bonds. The Morgan fingerprint density at radius 1 is 1.10 bits per heavy atom. The first-order valence-corrected chi connectivity index (χ1v) is 8.09. The van der Waals surface area contributed by atoms with Crippen molar-refractivity contribution in [2.24, 2.45) is 5.92 Å². The maximum Gasteiger partial charge on any atom is 0.134 e. The molecule has 1 saturated carbocycles. The van der Waals surface area contributed by atoms with E-state index in [-0.39, 0.29) is 0 Å². The average Bonchev–Trinajstić information content (AvgIpc) is 3.24. The Kier molecular flexibility index (Phi) is 5.62. The Morgan fingerprint density at radius 3 is 2.40 bits per heavy atom. The highest BCUT2D eigenvalue weighted by molar-refractivity contribution is 5.57. The molecule has 0 saturated heterocycles. The van der Waals surface area contributed by atoms with E-state index in [4.69, 9.17) is 0 Å². The predicted octanol–water partition coefficient (Wildman–Crippen LogP) is 3.77. The van der Waals surface area contributed by atoms with Gasteiger partial charge in [-0.1, -0.05) is 19.8 Å². The van der Waals surface area contributed by atoms with Gasteiger partial charge in [0.1, 0.15) is 17.5 Å². The maximum atomic E-state index is 4.68. The Labute approximate surface area is 122 Å². The molecule has 4 heteroatoms. The summed E-state index contributed by atoms with van der Waals surface area (Å²) in [5.41, 5.74) is 1.14. The molecule has 0 unspecified atom stereocenters. The summed E-state index contributed by atoms with van der Waals surface area (Å²) < 4.78 is 0. The molecule has 1 aliphatic rings. The number of rotatable bonds is 9. The van der Waals surface area contributed by atoms with Crippen molar-refractivity contribution in [1.82, 2.24) is 9.97 Å². The van der Waals surface area contributed by atoms with E-state index in [0.29, 0.717) is 0 Å². The Morgan fingerprint density at radius 2 is 1.80 bits per heavy atom. The SMILES string of the molecule is CCCc1nc(NCC)c(C)c(NCCCC2CC2)n1. The zero-order valence-corrected chi connectivity index (χ0v) is 13.1. The molecule has 0 atom stereocenters. The van der Waals surface area contributed by atoms with E-state index < -0.39 is 0 Å². The molecule has 0 aliphatic heterocycles. The van der Waals surface area contributed by atoms with E-state index in [1.165, 1.54) is 25.7 Å². The molecule has 1 aliphatic carbocycles. The molecule has 0 spiro atoms. The summed E-state index contributed by atoms with van der Waals surface area (Å²) in [7, 11) is 0. The first kappa shape index (κ1) is 15.1. The van der Waals surface area contributed by atoms with Crippen LogP contribution < -0.4 is 10.6 Å². The smallest absolute Gasteiger partial charge is 0.134 e. The summed E-state index contributed by atoms with van der Waals surface area (Å²) in [5, 5.41) is 6.85. The highest BCUT2D eigenvalue weighted by Gasteiger charge is 2.20. The molecule has 0 radical (unpaired) electrons. The third kappa shape index (κ3) is 4.36. The fourth-order valence-corrected chi connectivity index (χ4v) is 2.41. The van der Waals surface area contributed by atoms with Crippen LogP contribution in [0.15, 0.2) is 0 Å². The van der Waals surface area contributed by atoms with Crippen molar-refractivity contribution in [2.75, 3.05) is 23.7 Å². The minimum Gasteiger partial charge on any atom is -0.370 e. The molecule has 1 aromatic rings. The summed E-state index contributed by atoms with van der Waals surface area (Å²) in [4.78, 5) is 9.29. The van der Waals surface area contributed by atoms with Crippen LogP contribution >= 0.6 is 0 Å². The molecular formula is C16H28N4. The van der Waals surface area contributed by atoms with Crippen molar-refractivity contribution >= 4 is 11.6 Å². The number of nitrogens with zero attached hydrogens (tertiary/aromatic N) is 2. The monoisotopic (exact) mass is 276 g/mol. The van der Waals surface area contributed by atoms with Crippen LogP contribution in [0.2, 0.25) is 0 Å². The van der Waals surface area contributed by atoms with E-state index in [2.05, 4.69) is 41.4 Å².